The highest BCUT2D eigenvalue weighted by atomic mass is 35.5. The van der Waals surface area contributed by atoms with Crippen molar-refractivity contribution in [2.45, 2.75) is 6.04 Å². The standard InChI is InChI=1S/C11H13ClN2O3/c1-16-11(15)9-7-17-6-5-14(9)10-8(12)3-2-4-13-10/h2-4,9H,5-7H2,1H3. The molecule has 0 aliphatic carbocycles. The number of esters is 1. The molecule has 1 saturated heterocycles. The molecule has 1 aliphatic rings. The SMILES string of the molecule is COC(=O)C1COCCN1c1ncccc1Cl. The van der Waals surface area contributed by atoms with E-state index in [0.717, 1.165) is 0 Å². The molecule has 0 saturated carbocycles. The minimum absolute atomic E-state index is 0.291. The van der Waals surface area contributed by atoms with E-state index in [0.29, 0.717) is 30.6 Å². The monoisotopic (exact) mass is 256 g/mol. The Kier molecular flexibility index (Phi) is 3.81. The fourth-order valence-corrected chi connectivity index (χ4v) is 2.01. The maximum absolute atomic E-state index is 11.6. The maximum atomic E-state index is 11.6. The number of aromatic nitrogens is 1. The topological polar surface area (TPSA) is 51.7 Å². The van der Waals surface area contributed by atoms with E-state index in [1.54, 1.807) is 18.3 Å². The number of methoxy groups -OCH3 is 1. The summed E-state index contributed by atoms with van der Waals surface area (Å²) in [4.78, 5) is 17.7. The van der Waals surface area contributed by atoms with E-state index < -0.39 is 6.04 Å². The van der Waals surface area contributed by atoms with Crippen molar-refractivity contribution in [1.29, 1.82) is 0 Å². The van der Waals surface area contributed by atoms with E-state index in [4.69, 9.17) is 21.1 Å². The molecule has 0 bridgehead atoms. The van der Waals surface area contributed by atoms with Crippen molar-refractivity contribution in [3.05, 3.63) is 23.4 Å². The van der Waals surface area contributed by atoms with Gasteiger partial charge in [0.25, 0.3) is 0 Å². The first-order chi connectivity index (χ1) is 8.24. The summed E-state index contributed by atoms with van der Waals surface area (Å²) in [6.07, 6.45) is 1.64. The van der Waals surface area contributed by atoms with Gasteiger partial charge in [0, 0.05) is 12.7 Å². The van der Waals surface area contributed by atoms with Crippen LogP contribution in [0, 0.1) is 0 Å². The lowest BCUT2D eigenvalue weighted by Gasteiger charge is -2.34. The number of anilines is 1. The third-order valence-electron chi connectivity index (χ3n) is 2.61. The van der Waals surface area contributed by atoms with E-state index >= 15 is 0 Å². The second-order valence-corrected chi connectivity index (χ2v) is 4.02. The molecule has 2 heterocycles. The number of hydrogen-bond donors (Lipinski definition) is 0. The highest BCUT2D eigenvalue weighted by Gasteiger charge is 2.32. The Morgan fingerprint density at radius 2 is 2.53 bits per heavy atom. The van der Waals surface area contributed by atoms with Crippen molar-refractivity contribution < 1.29 is 14.3 Å². The van der Waals surface area contributed by atoms with Gasteiger partial charge < -0.3 is 14.4 Å². The van der Waals surface area contributed by atoms with Gasteiger partial charge in [-0.2, -0.15) is 0 Å². The first-order valence-electron chi connectivity index (χ1n) is 5.26. The number of hydrogen-bond acceptors (Lipinski definition) is 5. The number of morpholine rings is 1. The van der Waals surface area contributed by atoms with Gasteiger partial charge in [-0.1, -0.05) is 11.6 Å². The van der Waals surface area contributed by atoms with Crippen molar-refractivity contribution in [2.75, 3.05) is 31.8 Å². The molecule has 1 aromatic rings. The van der Waals surface area contributed by atoms with Crippen LogP contribution in [-0.4, -0.2) is 43.9 Å². The van der Waals surface area contributed by atoms with Crippen LogP contribution in [-0.2, 0) is 14.3 Å². The van der Waals surface area contributed by atoms with Gasteiger partial charge in [-0.3, -0.25) is 0 Å². The average molecular weight is 257 g/mol. The molecule has 5 nitrogen and oxygen atoms in total. The second kappa shape index (κ2) is 5.33. The van der Waals surface area contributed by atoms with Crippen molar-refractivity contribution in [3.8, 4) is 0 Å². The number of carbonyl (C=O) groups is 1. The van der Waals surface area contributed by atoms with Gasteiger partial charge in [-0.05, 0) is 12.1 Å². The number of carbonyl (C=O) groups excluding carboxylic acids is 1. The minimum Gasteiger partial charge on any atom is -0.467 e. The number of pyridine rings is 1. The highest BCUT2D eigenvalue weighted by molar-refractivity contribution is 6.33. The highest BCUT2D eigenvalue weighted by Crippen LogP contribution is 2.25. The first-order valence-corrected chi connectivity index (χ1v) is 5.64. The van der Waals surface area contributed by atoms with Gasteiger partial charge >= 0.3 is 5.97 Å². The van der Waals surface area contributed by atoms with Gasteiger partial charge in [0.05, 0.1) is 25.3 Å². The van der Waals surface area contributed by atoms with Crippen molar-refractivity contribution in [3.63, 3.8) is 0 Å². The molecular formula is C11H13ClN2O3. The molecule has 1 unspecified atom stereocenters. The van der Waals surface area contributed by atoms with Gasteiger partial charge in [0.1, 0.15) is 5.82 Å². The van der Waals surface area contributed by atoms with E-state index in [9.17, 15) is 4.79 Å². The number of rotatable bonds is 2. The Hall–Kier alpha value is -1.33. The van der Waals surface area contributed by atoms with Crippen LogP contribution < -0.4 is 4.90 Å². The van der Waals surface area contributed by atoms with E-state index in [1.165, 1.54) is 7.11 Å². The zero-order valence-electron chi connectivity index (χ0n) is 9.43. The zero-order chi connectivity index (χ0) is 12.3. The molecule has 0 N–H and O–H groups in total. The summed E-state index contributed by atoms with van der Waals surface area (Å²) in [7, 11) is 1.36. The molecule has 1 aliphatic heterocycles. The summed E-state index contributed by atoms with van der Waals surface area (Å²) in [6.45, 7) is 1.40. The Morgan fingerprint density at radius 1 is 1.71 bits per heavy atom. The predicted molar refractivity (Wildman–Crippen MR) is 63.2 cm³/mol. The van der Waals surface area contributed by atoms with Crippen LogP contribution in [0.4, 0.5) is 5.82 Å². The quantitative estimate of drug-likeness (QED) is 0.742. The van der Waals surface area contributed by atoms with E-state index in [2.05, 4.69) is 4.98 Å². The van der Waals surface area contributed by atoms with Crippen LogP contribution >= 0.6 is 11.6 Å². The van der Waals surface area contributed by atoms with Crippen molar-refractivity contribution in [1.82, 2.24) is 4.98 Å². The van der Waals surface area contributed by atoms with Crippen LogP contribution in [0.2, 0.25) is 5.02 Å². The smallest absolute Gasteiger partial charge is 0.330 e. The number of halogens is 1. The van der Waals surface area contributed by atoms with Crippen LogP contribution in [0.25, 0.3) is 0 Å². The van der Waals surface area contributed by atoms with E-state index in [-0.39, 0.29) is 5.97 Å². The third-order valence-corrected chi connectivity index (χ3v) is 2.91. The van der Waals surface area contributed by atoms with Crippen LogP contribution in [0.5, 0.6) is 0 Å². The summed E-state index contributed by atoms with van der Waals surface area (Å²) in [6, 6.07) is 3.01. The first kappa shape index (κ1) is 12.1. The molecule has 0 aromatic carbocycles. The normalized spacial score (nSPS) is 20.1. The van der Waals surface area contributed by atoms with Gasteiger partial charge in [-0.15, -0.1) is 0 Å². The number of nitrogens with zero attached hydrogens (tertiary/aromatic N) is 2. The van der Waals surface area contributed by atoms with Crippen LogP contribution in [0.1, 0.15) is 0 Å². The molecule has 17 heavy (non-hydrogen) atoms. The Bertz CT molecular complexity index is 413. The summed E-state index contributed by atoms with van der Waals surface area (Å²) in [5, 5.41) is 0.517. The van der Waals surface area contributed by atoms with Crippen molar-refractivity contribution in [2.24, 2.45) is 0 Å². The van der Waals surface area contributed by atoms with Gasteiger partial charge in [-0.25, -0.2) is 9.78 Å². The summed E-state index contributed by atoms with van der Waals surface area (Å²) in [5.41, 5.74) is 0. The molecule has 0 amide bonds. The van der Waals surface area contributed by atoms with Gasteiger partial charge in [0.2, 0.25) is 0 Å². The number of ether oxygens (including phenoxy) is 2. The Balaban J connectivity index is 2.28. The molecule has 0 spiro atoms. The molecule has 6 heteroatoms. The minimum atomic E-state index is -0.485. The second-order valence-electron chi connectivity index (χ2n) is 3.62. The lowest BCUT2D eigenvalue weighted by atomic mass is 10.2. The zero-order valence-corrected chi connectivity index (χ0v) is 10.2. The molecular weight excluding hydrogens is 244 g/mol. The Morgan fingerprint density at radius 3 is 3.24 bits per heavy atom. The molecule has 1 aromatic heterocycles. The fourth-order valence-electron chi connectivity index (χ4n) is 1.78. The Labute approximate surface area is 104 Å². The maximum Gasteiger partial charge on any atom is 0.330 e. The summed E-state index contributed by atoms with van der Waals surface area (Å²) in [5.74, 6) is 0.249. The summed E-state index contributed by atoms with van der Waals surface area (Å²) >= 11 is 6.07. The molecule has 0 radical (unpaired) electrons. The lowest BCUT2D eigenvalue weighted by molar-refractivity contribution is -0.144. The van der Waals surface area contributed by atoms with Crippen LogP contribution in [0.3, 0.4) is 0 Å². The molecule has 1 fully saturated rings. The molecule has 1 atom stereocenters. The molecule has 2 rings (SSSR count). The predicted octanol–water partition coefficient (Wildman–Crippen LogP) is 1.11. The summed E-state index contributed by atoms with van der Waals surface area (Å²) < 4.78 is 10.0. The van der Waals surface area contributed by atoms with E-state index in [1.807, 2.05) is 4.90 Å². The lowest BCUT2D eigenvalue weighted by Crippen LogP contribution is -2.51. The largest absolute Gasteiger partial charge is 0.467 e. The van der Waals surface area contributed by atoms with Crippen LogP contribution in [0.15, 0.2) is 18.3 Å². The average Bonchev–Trinajstić information content (AvgIpc) is 2.38. The van der Waals surface area contributed by atoms with Crippen molar-refractivity contribution >= 4 is 23.4 Å². The third kappa shape index (κ3) is 2.50. The molecule has 92 valence electrons. The van der Waals surface area contributed by atoms with Gasteiger partial charge in [0.15, 0.2) is 6.04 Å². The fraction of sp³-hybridized carbons (Fsp3) is 0.455.